The Hall–Kier alpha value is -0.940. The molecule has 13 heavy (non-hydrogen) atoms. The molecule has 0 N–H and O–H groups in total. The molecule has 1 rings (SSSR count). The van der Waals surface area contributed by atoms with Crippen molar-refractivity contribution in [3.8, 4) is 0 Å². The van der Waals surface area contributed by atoms with Crippen molar-refractivity contribution in [3.63, 3.8) is 0 Å². The second kappa shape index (κ2) is 4.34. The van der Waals surface area contributed by atoms with Gasteiger partial charge in [0, 0.05) is 14.2 Å². The van der Waals surface area contributed by atoms with Gasteiger partial charge in [-0.05, 0) is 0 Å². The van der Waals surface area contributed by atoms with Crippen molar-refractivity contribution < 1.29 is 23.8 Å². The Kier molecular flexibility index (Phi) is 3.39. The van der Waals surface area contributed by atoms with Crippen molar-refractivity contribution in [2.24, 2.45) is 11.8 Å². The minimum absolute atomic E-state index is 0.193. The van der Waals surface area contributed by atoms with E-state index in [-0.39, 0.29) is 13.2 Å². The molecule has 5 nitrogen and oxygen atoms in total. The Morgan fingerprint density at radius 1 is 1.08 bits per heavy atom. The summed E-state index contributed by atoms with van der Waals surface area (Å²) < 4.78 is 14.1. The zero-order valence-corrected chi connectivity index (χ0v) is 7.61. The largest absolute Gasteiger partial charge is 0.393 e. The molecule has 1 heterocycles. The number of hydrogen-bond donors (Lipinski definition) is 0. The van der Waals surface area contributed by atoms with Gasteiger partial charge in [0.15, 0.2) is 0 Å². The Morgan fingerprint density at radius 3 is 1.77 bits per heavy atom. The van der Waals surface area contributed by atoms with Gasteiger partial charge in [-0.25, -0.2) is 0 Å². The fourth-order valence-corrected chi connectivity index (χ4v) is 1.31. The quantitative estimate of drug-likeness (QED) is 0.443. The van der Waals surface area contributed by atoms with Gasteiger partial charge in [-0.15, -0.1) is 0 Å². The molecule has 0 spiro atoms. The maximum Gasteiger partial charge on any atom is 0.319 e. The van der Waals surface area contributed by atoms with Crippen molar-refractivity contribution in [2.45, 2.75) is 0 Å². The molecule has 0 amide bonds. The van der Waals surface area contributed by atoms with Crippen molar-refractivity contribution >= 4 is 11.9 Å². The summed E-state index contributed by atoms with van der Waals surface area (Å²) in [4.78, 5) is 22.2. The summed E-state index contributed by atoms with van der Waals surface area (Å²) in [6.45, 7) is 0.386. The molecule has 0 radical (unpaired) electrons. The highest BCUT2D eigenvalue weighted by molar-refractivity contribution is 5.96. The zero-order chi connectivity index (χ0) is 9.84. The van der Waals surface area contributed by atoms with Gasteiger partial charge in [-0.1, -0.05) is 0 Å². The van der Waals surface area contributed by atoms with Gasteiger partial charge in [0.1, 0.15) is 0 Å². The van der Waals surface area contributed by atoms with Crippen LogP contribution in [0.2, 0.25) is 0 Å². The summed E-state index contributed by atoms with van der Waals surface area (Å²) in [6, 6.07) is 0. The van der Waals surface area contributed by atoms with E-state index in [4.69, 9.17) is 9.47 Å². The standard InChI is InChI=1S/C8H12O5/c1-11-3-5-6(4-12-2)8(10)13-7(5)9/h5-6H,3-4H2,1-2H3. The van der Waals surface area contributed by atoms with Crippen LogP contribution in [0.3, 0.4) is 0 Å². The summed E-state index contributed by atoms with van der Waals surface area (Å²) in [5.74, 6) is -2.07. The third-order valence-electron chi connectivity index (χ3n) is 1.98. The van der Waals surface area contributed by atoms with Crippen LogP contribution in [0.15, 0.2) is 0 Å². The van der Waals surface area contributed by atoms with Crippen LogP contribution in [-0.2, 0) is 23.8 Å². The number of carbonyl (C=O) groups excluding carboxylic acids is 2. The molecule has 74 valence electrons. The molecule has 0 aromatic carbocycles. The summed E-state index contributed by atoms with van der Waals surface area (Å²) in [7, 11) is 2.94. The third kappa shape index (κ3) is 2.05. The molecule has 0 bridgehead atoms. The second-order valence-electron chi connectivity index (χ2n) is 2.86. The molecule has 2 atom stereocenters. The van der Waals surface area contributed by atoms with Crippen molar-refractivity contribution in [2.75, 3.05) is 27.4 Å². The van der Waals surface area contributed by atoms with Crippen LogP contribution in [0.5, 0.6) is 0 Å². The van der Waals surface area contributed by atoms with Crippen molar-refractivity contribution in [1.29, 1.82) is 0 Å². The van der Waals surface area contributed by atoms with Crippen LogP contribution in [0.1, 0.15) is 0 Å². The fourth-order valence-electron chi connectivity index (χ4n) is 1.31. The lowest BCUT2D eigenvalue weighted by Gasteiger charge is -2.10. The highest BCUT2D eigenvalue weighted by Crippen LogP contribution is 2.23. The van der Waals surface area contributed by atoms with E-state index >= 15 is 0 Å². The normalized spacial score (nSPS) is 27.8. The highest BCUT2D eigenvalue weighted by atomic mass is 16.6. The van der Waals surface area contributed by atoms with Gasteiger partial charge in [0.2, 0.25) is 0 Å². The molecular weight excluding hydrogens is 176 g/mol. The first kappa shape index (κ1) is 10.1. The topological polar surface area (TPSA) is 61.8 Å². The maximum absolute atomic E-state index is 11.1. The molecule has 1 aliphatic heterocycles. The average Bonchev–Trinajstić information content (AvgIpc) is 2.33. The Balaban J connectivity index is 2.65. The third-order valence-corrected chi connectivity index (χ3v) is 1.98. The average molecular weight is 188 g/mol. The fraction of sp³-hybridized carbons (Fsp3) is 0.750. The molecular formula is C8H12O5. The summed E-state index contributed by atoms with van der Waals surface area (Å²) in [6.07, 6.45) is 0. The number of cyclic esters (lactones) is 2. The lowest BCUT2D eigenvalue weighted by Crippen LogP contribution is -2.26. The number of rotatable bonds is 4. The molecule has 0 aliphatic carbocycles. The van der Waals surface area contributed by atoms with Crippen LogP contribution in [0.25, 0.3) is 0 Å². The maximum atomic E-state index is 11.1. The van der Waals surface area contributed by atoms with Gasteiger partial charge in [-0.3, -0.25) is 9.59 Å². The van der Waals surface area contributed by atoms with E-state index in [0.717, 1.165) is 0 Å². The summed E-state index contributed by atoms with van der Waals surface area (Å²) >= 11 is 0. The molecule has 1 aliphatic rings. The Morgan fingerprint density at radius 2 is 1.46 bits per heavy atom. The molecule has 1 fully saturated rings. The zero-order valence-electron chi connectivity index (χ0n) is 7.61. The van der Waals surface area contributed by atoms with E-state index in [1.807, 2.05) is 0 Å². The molecule has 0 aromatic heterocycles. The van der Waals surface area contributed by atoms with Crippen molar-refractivity contribution in [3.05, 3.63) is 0 Å². The van der Waals surface area contributed by atoms with E-state index < -0.39 is 23.8 Å². The SMILES string of the molecule is COCC1C(=O)OC(=O)C1COC. The van der Waals surface area contributed by atoms with Crippen LogP contribution in [-0.4, -0.2) is 39.4 Å². The molecule has 1 saturated heterocycles. The number of carbonyl (C=O) groups is 2. The number of ether oxygens (including phenoxy) is 3. The minimum atomic E-state index is -0.520. The number of hydrogen-bond acceptors (Lipinski definition) is 5. The number of methoxy groups -OCH3 is 2. The van der Waals surface area contributed by atoms with Crippen LogP contribution < -0.4 is 0 Å². The summed E-state index contributed by atoms with van der Waals surface area (Å²) in [5, 5.41) is 0. The predicted molar refractivity (Wildman–Crippen MR) is 41.8 cm³/mol. The van der Waals surface area contributed by atoms with Crippen LogP contribution in [0, 0.1) is 11.8 Å². The second-order valence-corrected chi connectivity index (χ2v) is 2.86. The van der Waals surface area contributed by atoms with E-state index in [2.05, 4.69) is 4.74 Å². The van der Waals surface area contributed by atoms with Gasteiger partial charge in [0.05, 0.1) is 25.0 Å². The molecule has 2 unspecified atom stereocenters. The Labute approximate surface area is 76.0 Å². The lowest BCUT2D eigenvalue weighted by atomic mass is 9.97. The van der Waals surface area contributed by atoms with Crippen LogP contribution >= 0.6 is 0 Å². The van der Waals surface area contributed by atoms with Crippen molar-refractivity contribution in [1.82, 2.24) is 0 Å². The molecule has 0 saturated carbocycles. The predicted octanol–water partition coefficient (Wildman–Crippen LogP) is -0.405. The highest BCUT2D eigenvalue weighted by Gasteiger charge is 2.44. The number of esters is 2. The minimum Gasteiger partial charge on any atom is -0.393 e. The van der Waals surface area contributed by atoms with E-state index in [9.17, 15) is 9.59 Å². The van der Waals surface area contributed by atoms with Gasteiger partial charge in [0.25, 0.3) is 0 Å². The smallest absolute Gasteiger partial charge is 0.319 e. The molecule has 0 aromatic rings. The van der Waals surface area contributed by atoms with Gasteiger partial charge >= 0.3 is 11.9 Å². The van der Waals surface area contributed by atoms with Gasteiger partial charge in [-0.2, -0.15) is 0 Å². The first-order valence-corrected chi connectivity index (χ1v) is 3.94. The van der Waals surface area contributed by atoms with E-state index in [1.165, 1.54) is 14.2 Å². The first-order chi connectivity index (χ1) is 6.20. The van der Waals surface area contributed by atoms with E-state index in [0.29, 0.717) is 0 Å². The first-order valence-electron chi connectivity index (χ1n) is 3.94. The van der Waals surface area contributed by atoms with Crippen LogP contribution in [0.4, 0.5) is 0 Å². The monoisotopic (exact) mass is 188 g/mol. The van der Waals surface area contributed by atoms with E-state index in [1.54, 1.807) is 0 Å². The summed E-state index contributed by atoms with van der Waals surface area (Å²) in [5.41, 5.74) is 0. The Bertz CT molecular complexity index is 191. The molecule has 5 heteroatoms. The lowest BCUT2D eigenvalue weighted by molar-refractivity contribution is -0.154. The van der Waals surface area contributed by atoms with Gasteiger partial charge < -0.3 is 14.2 Å².